The second-order valence-electron chi connectivity index (χ2n) is 4.64. The molecular formula is C14H14ClN3O2. The van der Waals surface area contributed by atoms with Crippen LogP contribution in [0, 0.1) is 0 Å². The Balaban J connectivity index is 1.98. The molecule has 5 nitrogen and oxygen atoms in total. The van der Waals surface area contributed by atoms with Crippen molar-refractivity contribution in [3.05, 3.63) is 50.9 Å². The molecular weight excluding hydrogens is 278 g/mol. The lowest BCUT2D eigenvalue weighted by Gasteiger charge is -2.10. The van der Waals surface area contributed by atoms with Crippen LogP contribution in [0.1, 0.15) is 11.1 Å². The maximum absolute atomic E-state index is 12.0. The van der Waals surface area contributed by atoms with Crippen LogP contribution in [0.15, 0.2) is 29.2 Å². The van der Waals surface area contributed by atoms with Gasteiger partial charge in [-0.25, -0.2) is 4.68 Å². The molecule has 0 saturated heterocycles. The average Bonchev–Trinajstić information content (AvgIpc) is 2.89. The SMILES string of the molecule is CNc1cnn(Cc2cc(Cl)cc3c2OCC3)c(=O)c1. The van der Waals surface area contributed by atoms with Gasteiger partial charge in [0.2, 0.25) is 0 Å². The lowest BCUT2D eigenvalue weighted by molar-refractivity contribution is 0.352. The van der Waals surface area contributed by atoms with Gasteiger partial charge in [0, 0.05) is 30.1 Å². The molecule has 1 aromatic heterocycles. The van der Waals surface area contributed by atoms with Gasteiger partial charge in [-0.15, -0.1) is 0 Å². The van der Waals surface area contributed by atoms with Crippen LogP contribution in [0.4, 0.5) is 5.69 Å². The zero-order valence-electron chi connectivity index (χ0n) is 11.0. The van der Waals surface area contributed by atoms with Crippen molar-refractivity contribution >= 4 is 17.3 Å². The second kappa shape index (κ2) is 5.17. The summed E-state index contributed by atoms with van der Waals surface area (Å²) in [4.78, 5) is 12.0. The van der Waals surface area contributed by atoms with Crippen LogP contribution >= 0.6 is 11.6 Å². The number of anilines is 1. The molecule has 1 aliphatic rings. The third-order valence-electron chi connectivity index (χ3n) is 3.30. The minimum absolute atomic E-state index is 0.163. The van der Waals surface area contributed by atoms with Crippen molar-refractivity contribution < 1.29 is 4.74 Å². The first kappa shape index (κ1) is 13.0. The molecule has 6 heteroatoms. The van der Waals surface area contributed by atoms with Crippen LogP contribution in [-0.4, -0.2) is 23.4 Å². The number of rotatable bonds is 3. The molecule has 20 heavy (non-hydrogen) atoms. The van der Waals surface area contributed by atoms with E-state index in [0.29, 0.717) is 23.9 Å². The minimum Gasteiger partial charge on any atom is -0.493 e. The fourth-order valence-electron chi connectivity index (χ4n) is 2.31. The molecule has 2 aromatic rings. The number of ether oxygens (including phenoxy) is 1. The highest BCUT2D eigenvalue weighted by Gasteiger charge is 2.18. The van der Waals surface area contributed by atoms with Crippen LogP contribution in [0.5, 0.6) is 5.75 Å². The van der Waals surface area contributed by atoms with Gasteiger partial charge in [0.1, 0.15) is 5.75 Å². The topological polar surface area (TPSA) is 56.1 Å². The standard InChI is InChI=1S/C14H14ClN3O2/c1-16-12-6-13(19)18(17-7-12)8-10-5-11(15)4-9-2-3-20-14(9)10/h4-7,16H,2-3,8H2,1H3. The van der Waals surface area contributed by atoms with E-state index in [1.54, 1.807) is 13.2 Å². The molecule has 2 heterocycles. The van der Waals surface area contributed by atoms with Crippen LogP contribution < -0.4 is 15.6 Å². The quantitative estimate of drug-likeness (QED) is 0.939. The molecule has 1 N–H and O–H groups in total. The van der Waals surface area contributed by atoms with Crippen molar-refractivity contribution in [2.45, 2.75) is 13.0 Å². The molecule has 1 aliphatic heterocycles. The molecule has 0 atom stereocenters. The van der Waals surface area contributed by atoms with Crippen molar-refractivity contribution in [3.63, 3.8) is 0 Å². The molecule has 0 radical (unpaired) electrons. The van der Waals surface area contributed by atoms with Gasteiger partial charge in [-0.1, -0.05) is 11.6 Å². The van der Waals surface area contributed by atoms with E-state index in [4.69, 9.17) is 16.3 Å². The predicted octanol–water partition coefficient (Wildman–Crippen LogP) is 1.92. The summed E-state index contributed by atoms with van der Waals surface area (Å²) in [6.07, 6.45) is 2.47. The number of hydrogen-bond donors (Lipinski definition) is 1. The summed E-state index contributed by atoms with van der Waals surface area (Å²) >= 11 is 6.11. The van der Waals surface area contributed by atoms with E-state index >= 15 is 0 Å². The van der Waals surface area contributed by atoms with Crippen molar-refractivity contribution in [3.8, 4) is 5.75 Å². The second-order valence-corrected chi connectivity index (χ2v) is 5.08. The zero-order valence-corrected chi connectivity index (χ0v) is 11.8. The molecule has 0 saturated carbocycles. The van der Waals surface area contributed by atoms with Gasteiger partial charge < -0.3 is 10.1 Å². The van der Waals surface area contributed by atoms with E-state index < -0.39 is 0 Å². The number of benzene rings is 1. The van der Waals surface area contributed by atoms with E-state index in [9.17, 15) is 4.79 Å². The van der Waals surface area contributed by atoms with Gasteiger partial charge in [0.15, 0.2) is 0 Å². The summed E-state index contributed by atoms with van der Waals surface area (Å²) in [5.74, 6) is 0.834. The number of fused-ring (bicyclic) bond motifs is 1. The summed E-state index contributed by atoms with van der Waals surface area (Å²) in [7, 11) is 1.75. The van der Waals surface area contributed by atoms with Crippen LogP contribution in [0.2, 0.25) is 5.02 Å². The van der Waals surface area contributed by atoms with Crippen LogP contribution in [0.25, 0.3) is 0 Å². The minimum atomic E-state index is -0.163. The van der Waals surface area contributed by atoms with Gasteiger partial charge in [-0.2, -0.15) is 5.10 Å². The van der Waals surface area contributed by atoms with E-state index in [1.165, 1.54) is 10.7 Å². The third-order valence-corrected chi connectivity index (χ3v) is 3.52. The summed E-state index contributed by atoms with van der Waals surface area (Å²) in [6, 6.07) is 5.25. The maximum Gasteiger partial charge on any atom is 0.269 e. The average molecular weight is 292 g/mol. The maximum atomic E-state index is 12.0. The molecule has 0 amide bonds. The molecule has 1 aromatic carbocycles. The molecule has 0 aliphatic carbocycles. The number of hydrogen-bond acceptors (Lipinski definition) is 4. The normalized spacial score (nSPS) is 12.9. The van der Waals surface area contributed by atoms with E-state index in [1.807, 2.05) is 12.1 Å². The monoisotopic (exact) mass is 291 g/mol. The van der Waals surface area contributed by atoms with Crippen LogP contribution in [-0.2, 0) is 13.0 Å². The fraction of sp³-hybridized carbons (Fsp3) is 0.286. The van der Waals surface area contributed by atoms with Crippen LogP contribution in [0.3, 0.4) is 0 Å². The smallest absolute Gasteiger partial charge is 0.269 e. The van der Waals surface area contributed by atoms with Gasteiger partial charge in [0.25, 0.3) is 5.56 Å². The lowest BCUT2D eigenvalue weighted by atomic mass is 10.1. The van der Waals surface area contributed by atoms with E-state index in [-0.39, 0.29) is 5.56 Å². The molecule has 104 valence electrons. The first-order valence-electron chi connectivity index (χ1n) is 6.36. The Bertz CT molecular complexity index is 712. The van der Waals surface area contributed by atoms with Crippen molar-refractivity contribution in [2.24, 2.45) is 0 Å². The first-order chi connectivity index (χ1) is 9.67. The highest BCUT2D eigenvalue weighted by Crippen LogP contribution is 2.33. The summed E-state index contributed by atoms with van der Waals surface area (Å²) in [5.41, 5.74) is 2.51. The summed E-state index contributed by atoms with van der Waals surface area (Å²) in [6.45, 7) is 1.01. The Morgan fingerprint density at radius 3 is 3.05 bits per heavy atom. The Hall–Kier alpha value is -2.01. The first-order valence-corrected chi connectivity index (χ1v) is 6.74. The summed E-state index contributed by atoms with van der Waals surface area (Å²) < 4.78 is 7.02. The predicted molar refractivity (Wildman–Crippen MR) is 77.8 cm³/mol. The summed E-state index contributed by atoms with van der Waals surface area (Å²) in [5, 5.41) is 7.69. The zero-order chi connectivity index (χ0) is 14.1. The molecule has 0 spiro atoms. The highest BCUT2D eigenvalue weighted by molar-refractivity contribution is 6.30. The van der Waals surface area contributed by atoms with Gasteiger partial charge in [-0.05, 0) is 17.7 Å². The molecule has 3 rings (SSSR count). The largest absolute Gasteiger partial charge is 0.493 e. The lowest BCUT2D eigenvalue weighted by Crippen LogP contribution is -2.23. The highest BCUT2D eigenvalue weighted by atomic mass is 35.5. The van der Waals surface area contributed by atoms with Gasteiger partial charge in [0.05, 0.1) is 25.0 Å². The van der Waals surface area contributed by atoms with Crippen molar-refractivity contribution in [1.29, 1.82) is 0 Å². The van der Waals surface area contributed by atoms with E-state index in [2.05, 4.69) is 10.4 Å². The Labute approximate surface area is 121 Å². The number of nitrogens with one attached hydrogen (secondary N) is 1. The third kappa shape index (κ3) is 2.36. The Morgan fingerprint density at radius 1 is 1.45 bits per heavy atom. The fourth-order valence-corrected chi connectivity index (χ4v) is 2.58. The molecule has 0 bridgehead atoms. The van der Waals surface area contributed by atoms with Crippen molar-refractivity contribution in [1.82, 2.24) is 9.78 Å². The van der Waals surface area contributed by atoms with Gasteiger partial charge >= 0.3 is 0 Å². The Kier molecular flexibility index (Phi) is 3.36. The number of nitrogens with zero attached hydrogens (tertiary/aromatic N) is 2. The number of aromatic nitrogens is 2. The Morgan fingerprint density at radius 2 is 2.30 bits per heavy atom. The molecule has 0 fully saturated rings. The van der Waals surface area contributed by atoms with E-state index in [0.717, 1.165) is 23.3 Å². The van der Waals surface area contributed by atoms with Gasteiger partial charge in [-0.3, -0.25) is 4.79 Å². The number of halogens is 1. The van der Waals surface area contributed by atoms with Crippen molar-refractivity contribution in [2.75, 3.05) is 19.0 Å². The molecule has 0 unspecified atom stereocenters.